The fraction of sp³-hybridized carbons (Fsp3) is 0.462. The highest BCUT2D eigenvalue weighted by molar-refractivity contribution is 5.86. The van der Waals surface area contributed by atoms with Crippen molar-refractivity contribution in [2.75, 3.05) is 19.8 Å². The third-order valence-electron chi connectivity index (χ3n) is 3.04. The first kappa shape index (κ1) is 12.0. The number of carbonyl (C=O) groups excluding carboxylic acids is 1. The minimum atomic E-state index is -0.308. The number of hydrogen-bond acceptors (Lipinski definition) is 2. The van der Waals surface area contributed by atoms with E-state index in [9.17, 15) is 9.18 Å². The molecule has 1 aromatic rings. The van der Waals surface area contributed by atoms with Crippen molar-refractivity contribution in [3.05, 3.63) is 35.6 Å². The molecule has 1 heterocycles. The van der Waals surface area contributed by atoms with Gasteiger partial charge in [-0.05, 0) is 24.6 Å². The molecule has 0 bridgehead atoms. The lowest BCUT2D eigenvalue weighted by atomic mass is 9.89. The third-order valence-corrected chi connectivity index (χ3v) is 3.04. The maximum Gasteiger partial charge on any atom is 0.227 e. The standard InChI is InChI=1S/C13H16FNO2/c1-2-17-8-10-7-15-13(16)12(10)9-4-3-5-11(14)6-9/h3-6,10,12H,2,7-8H2,1H3,(H,15,16). The van der Waals surface area contributed by atoms with Gasteiger partial charge in [-0.25, -0.2) is 4.39 Å². The highest BCUT2D eigenvalue weighted by Crippen LogP contribution is 2.29. The van der Waals surface area contributed by atoms with Crippen LogP contribution in [0.15, 0.2) is 24.3 Å². The van der Waals surface area contributed by atoms with Crippen molar-refractivity contribution in [3.8, 4) is 0 Å². The molecule has 1 aliphatic rings. The van der Waals surface area contributed by atoms with Crippen LogP contribution in [-0.2, 0) is 9.53 Å². The maximum absolute atomic E-state index is 13.2. The molecule has 1 aliphatic heterocycles. The van der Waals surface area contributed by atoms with Crippen LogP contribution in [0, 0.1) is 11.7 Å². The Morgan fingerprint density at radius 3 is 3.06 bits per heavy atom. The summed E-state index contributed by atoms with van der Waals surface area (Å²) in [7, 11) is 0. The average Bonchev–Trinajstić information content (AvgIpc) is 2.68. The van der Waals surface area contributed by atoms with Crippen LogP contribution in [0.25, 0.3) is 0 Å². The summed E-state index contributed by atoms with van der Waals surface area (Å²) in [5.41, 5.74) is 0.727. The largest absolute Gasteiger partial charge is 0.381 e. The van der Waals surface area contributed by atoms with Crippen LogP contribution in [0.3, 0.4) is 0 Å². The number of ether oxygens (including phenoxy) is 1. The van der Waals surface area contributed by atoms with Gasteiger partial charge in [-0.3, -0.25) is 4.79 Å². The van der Waals surface area contributed by atoms with E-state index in [2.05, 4.69) is 5.32 Å². The molecule has 2 unspecified atom stereocenters. The molecular weight excluding hydrogens is 221 g/mol. The summed E-state index contributed by atoms with van der Waals surface area (Å²) in [6, 6.07) is 6.23. The zero-order valence-corrected chi connectivity index (χ0v) is 9.78. The van der Waals surface area contributed by atoms with Gasteiger partial charge in [0.1, 0.15) is 5.82 Å². The van der Waals surface area contributed by atoms with Gasteiger partial charge in [0.05, 0.1) is 12.5 Å². The first-order valence-corrected chi connectivity index (χ1v) is 5.83. The number of rotatable bonds is 4. The van der Waals surface area contributed by atoms with Crippen LogP contribution in [0.4, 0.5) is 4.39 Å². The molecule has 0 radical (unpaired) electrons. The Morgan fingerprint density at radius 1 is 1.53 bits per heavy atom. The van der Waals surface area contributed by atoms with E-state index in [1.165, 1.54) is 12.1 Å². The second-order valence-electron chi connectivity index (χ2n) is 4.20. The summed E-state index contributed by atoms with van der Waals surface area (Å²) in [4.78, 5) is 11.8. The van der Waals surface area contributed by atoms with Gasteiger partial charge < -0.3 is 10.1 Å². The number of halogens is 1. The summed E-state index contributed by atoms with van der Waals surface area (Å²) in [5.74, 6) is -0.556. The third kappa shape index (κ3) is 2.64. The Morgan fingerprint density at radius 2 is 2.35 bits per heavy atom. The number of hydrogen-bond donors (Lipinski definition) is 1. The average molecular weight is 237 g/mol. The fourth-order valence-corrected chi connectivity index (χ4v) is 2.22. The smallest absolute Gasteiger partial charge is 0.227 e. The van der Waals surface area contributed by atoms with Gasteiger partial charge in [-0.15, -0.1) is 0 Å². The van der Waals surface area contributed by atoms with Crippen molar-refractivity contribution in [1.29, 1.82) is 0 Å². The van der Waals surface area contributed by atoms with Crippen molar-refractivity contribution in [2.24, 2.45) is 5.92 Å². The van der Waals surface area contributed by atoms with Gasteiger partial charge in [0, 0.05) is 19.1 Å². The molecule has 0 saturated carbocycles. The van der Waals surface area contributed by atoms with E-state index in [0.717, 1.165) is 5.56 Å². The normalized spacial score (nSPS) is 23.8. The molecule has 92 valence electrons. The summed E-state index contributed by atoms with van der Waals surface area (Å²) < 4.78 is 18.5. The first-order valence-electron chi connectivity index (χ1n) is 5.83. The van der Waals surface area contributed by atoms with Crippen molar-refractivity contribution >= 4 is 5.91 Å². The number of nitrogens with one attached hydrogen (secondary N) is 1. The molecular formula is C13H16FNO2. The van der Waals surface area contributed by atoms with E-state index in [0.29, 0.717) is 19.8 Å². The lowest BCUT2D eigenvalue weighted by Crippen LogP contribution is -2.19. The summed E-state index contributed by atoms with van der Waals surface area (Å²) in [5, 5.41) is 2.81. The molecule has 1 N–H and O–H groups in total. The molecule has 1 fully saturated rings. The molecule has 4 heteroatoms. The molecule has 0 spiro atoms. The predicted molar refractivity (Wildman–Crippen MR) is 62.1 cm³/mol. The summed E-state index contributed by atoms with van der Waals surface area (Å²) >= 11 is 0. The molecule has 0 aliphatic carbocycles. The Balaban J connectivity index is 2.18. The van der Waals surface area contributed by atoms with E-state index in [4.69, 9.17) is 4.74 Å². The fourth-order valence-electron chi connectivity index (χ4n) is 2.22. The first-order chi connectivity index (χ1) is 8.22. The second-order valence-corrected chi connectivity index (χ2v) is 4.20. The van der Waals surface area contributed by atoms with Gasteiger partial charge in [0.25, 0.3) is 0 Å². The number of benzene rings is 1. The molecule has 1 aromatic carbocycles. The Bertz CT molecular complexity index is 408. The summed E-state index contributed by atoms with van der Waals surface area (Å²) in [6.07, 6.45) is 0. The molecule has 3 nitrogen and oxygen atoms in total. The predicted octanol–water partition coefficient (Wildman–Crippen LogP) is 1.69. The Kier molecular flexibility index (Phi) is 3.74. The minimum absolute atomic E-state index is 0.0414. The van der Waals surface area contributed by atoms with Crippen molar-refractivity contribution < 1.29 is 13.9 Å². The number of amides is 1. The molecule has 2 rings (SSSR count). The molecule has 1 amide bonds. The highest BCUT2D eigenvalue weighted by atomic mass is 19.1. The topological polar surface area (TPSA) is 38.3 Å². The zero-order chi connectivity index (χ0) is 12.3. The number of carbonyl (C=O) groups is 1. The van der Waals surface area contributed by atoms with E-state index in [1.807, 2.05) is 6.92 Å². The summed E-state index contributed by atoms with van der Waals surface area (Å²) in [6.45, 7) is 3.67. The van der Waals surface area contributed by atoms with Crippen LogP contribution in [0.5, 0.6) is 0 Å². The van der Waals surface area contributed by atoms with Gasteiger partial charge >= 0.3 is 0 Å². The van der Waals surface area contributed by atoms with Gasteiger partial charge in [0.15, 0.2) is 0 Å². The Labute approximate surface area is 100.0 Å². The van der Waals surface area contributed by atoms with Crippen molar-refractivity contribution in [2.45, 2.75) is 12.8 Å². The quantitative estimate of drug-likeness (QED) is 0.865. The van der Waals surface area contributed by atoms with Crippen LogP contribution in [-0.4, -0.2) is 25.7 Å². The maximum atomic E-state index is 13.2. The van der Waals surface area contributed by atoms with Gasteiger partial charge in [0.2, 0.25) is 5.91 Å². The molecule has 17 heavy (non-hydrogen) atoms. The monoisotopic (exact) mass is 237 g/mol. The van der Waals surface area contributed by atoms with Crippen LogP contribution in [0.1, 0.15) is 18.4 Å². The van der Waals surface area contributed by atoms with E-state index in [-0.39, 0.29) is 23.6 Å². The second kappa shape index (κ2) is 5.27. The van der Waals surface area contributed by atoms with Gasteiger partial charge in [-0.2, -0.15) is 0 Å². The molecule has 1 saturated heterocycles. The van der Waals surface area contributed by atoms with Crippen molar-refractivity contribution in [3.63, 3.8) is 0 Å². The molecule has 2 atom stereocenters. The minimum Gasteiger partial charge on any atom is -0.381 e. The highest BCUT2D eigenvalue weighted by Gasteiger charge is 2.35. The lowest BCUT2D eigenvalue weighted by Gasteiger charge is -2.16. The van der Waals surface area contributed by atoms with Crippen LogP contribution < -0.4 is 5.32 Å². The van der Waals surface area contributed by atoms with E-state index < -0.39 is 0 Å². The van der Waals surface area contributed by atoms with Crippen LogP contribution in [0.2, 0.25) is 0 Å². The zero-order valence-electron chi connectivity index (χ0n) is 9.78. The van der Waals surface area contributed by atoms with E-state index >= 15 is 0 Å². The molecule has 0 aromatic heterocycles. The SMILES string of the molecule is CCOCC1CNC(=O)C1c1cccc(F)c1. The van der Waals surface area contributed by atoms with Crippen LogP contribution >= 0.6 is 0 Å². The van der Waals surface area contributed by atoms with E-state index in [1.54, 1.807) is 12.1 Å². The Hall–Kier alpha value is -1.42. The lowest BCUT2D eigenvalue weighted by molar-refractivity contribution is -0.120. The van der Waals surface area contributed by atoms with Crippen molar-refractivity contribution in [1.82, 2.24) is 5.32 Å². The van der Waals surface area contributed by atoms with Gasteiger partial charge in [-0.1, -0.05) is 12.1 Å².